The second-order valence-electron chi connectivity index (χ2n) is 7.65. The van der Waals surface area contributed by atoms with Crippen molar-refractivity contribution < 1.29 is 14.3 Å². The first-order valence-corrected chi connectivity index (χ1v) is 11.4. The topological polar surface area (TPSA) is 115 Å². The lowest BCUT2D eigenvalue weighted by molar-refractivity contribution is 0.0725. The fourth-order valence-electron chi connectivity index (χ4n) is 3.82. The number of rotatable bonds is 5. The van der Waals surface area contributed by atoms with E-state index in [2.05, 4.69) is 25.4 Å². The SMILES string of the molecule is COc1ccccc1-c1cc(C(=O)N2CCc3nc(NC(=O)c4cnccn4)sc3C2)n(C)n1. The van der Waals surface area contributed by atoms with Crippen LogP contribution in [0.15, 0.2) is 48.9 Å². The van der Waals surface area contributed by atoms with Gasteiger partial charge >= 0.3 is 0 Å². The Morgan fingerprint density at radius 3 is 2.85 bits per heavy atom. The molecule has 0 fully saturated rings. The number of ether oxygens (including phenoxy) is 1. The number of amides is 2. The normalized spacial score (nSPS) is 12.8. The fourth-order valence-corrected chi connectivity index (χ4v) is 4.84. The highest BCUT2D eigenvalue weighted by Crippen LogP contribution is 2.31. The lowest BCUT2D eigenvalue weighted by atomic mass is 10.1. The summed E-state index contributed by atoms with van der Waals surface area (Å²) in [6.45, 7) is 0.949. The Hall–Kier alpha value is -4.12. The maximum Gasteiger partial charge on any atom is 0.277 e. The van der Waals surface area contributed by atoms with Crippen LogP contribution in [0.2, 0.25) is 0 Å². The van der Waals surface area contributed by atoms with Gasteiger partial charge in [-0.15, -0.1) is 0 Å². The summed E-state index contributed by atoms with van der Waals surface area (Å²) in [5, 5.41) is 7.79. The van der Waals surface area contributed by atoms with Crippen molar-refractivity contribution in [2.75, 3.05) is 19.0 Å². The van der Waals surface area contributed by atoms with Crippen LogP contribution in [0, 0.1) is 0 Å². The van der Waals surface area contributed by atoms with E-state index < -0.39 is 0 Å². The molecule has 4 heterocycles. The highest BCUT2D eigenvalue weighted by molar-refractivity contribution is 7.15. The van der Waals surface area contributed by atoms with E-state index in [1.807, 2.05) is 24.3 Å². The maximum atomic E-state index is 13.3. The molecule has 0 spiro atoms. The third-order valence-electron chi connectivity index (χ3n) is 5.52. The van der Waals surface area contributed by atoms with Gasteiger partial charge in [-0.05, 0) is 18.2 Å². The van der Waals surface area contributed by atoms with Crippen LogP contribution < -0.4 is 10.1 Å². The fraction of sp³-hybridized carbons (Fsp3) is 0.217. The van der Waals surface area contributed by atoms with Crippen LogP contribution in [-0.2, 0) is 20.0 Å². The van der Waals surface area contributed by atoms with Crippen LogP contribution in [0.25, 0.3) is 11.3 Å². The Balaban J connectivity index is 1.32. The van der Waals surface area contributed by atoms with E-state index in [1.165, 1.54) is 29.9 Å². The largest absolute Gasteiger partial charge is 0.496 e. The maximum absolute atomic E-state index is 13.3. The number of nitrogens with zero attached hydrogens (tertiary/aromatic N) is 6. The number of para-hydroxylation sites is 1. The molecule has 1 aliphatic heterocycles. The van der Waals surface area contributed by atoms with Crippen molar-refractivity contribution in [3.63, 3.8) is 0 Å². The third kappa shape index (κ3) is 4.13. The molecule has 1 aliphatic rings. The van der Waals surface area contributed by atoms with Gasteiger partial charge in [-0.2, -0.15) is 5.10 Å². The van der Waals surface area contributed by atoms with E-state index in [0.717, 1.165) is 16.1 Å². The minimum Gasteiger partial charge on any atom is -0.496 e. The van der Waals surface area contributed by atoms with Gasteiger partial charge in [0, 0.05) is 42.8 Å². The number of aromatic nitrogens is 5. The van der Waals surface area contributed by atoms with Gasteiger partial charge in [0.1, 0.15) is 17.1 Å². The standard InChI is InChI=1S/C23H21N7O3S/c1-29-18(11-16(28-29)14-5-3-4-6-19(14)33-2)22(32)30-10-7-15-20(13-30)34-23(26-15)27-21(31)17-12-24-8-9-25-17/h3-6,8-9,11-12H,7,10,13H2,1-2H3,(H,26,27,31). The summed E-state index contributed by atoms with van der Waals surface area (Å²) in [7, 11) is 3.37. The molecule has 2 amide bonds. The molecule has 0 saturated heterocycles. The summed E-state index contributed by atoms with van der Waals surface area (Å²) in [4.78, 5) is 40.9. The molecule has 0 unspecified atom stereocenters. The highest BCUT2D eigenvalue weighted by atomic mass is 32.1. The number of nitrogens with one attached hydrogen (secondary N) is 1. The zero-order valence-corrected chi connectivity index (χ0v) is 19.4. The van der Waals surface area contributed by atoms with Crippen LogP contribution in [0.3, 0.4) is 0 Å². The first-order chi connectivity index (χ1) is 16.5. The van der Waals surface area contributed by atoms with Crippen molar-refractivity contribution in [3.05, 3.63) is 70.9 Å². The van der Waals surface area contributed by atoms with E-state index in [9.17, 15) is 9.59 Å². The van der Waals surface area contributed by atoms with E-state index >= 15 is 0 Å². The molecule has 3 aromatic heterocycles. The number of benzene rings is 1. The lowest BCUT2D eigenvalue weighted by Gasteiger charge is -2.25. The molecule has 1 aromatic carbocycles. The molecule has 0 atom stereocenters. The summed E-state index contributed by atoms with van der Waals surface area (Å²) in [6.07, 6.45) is 4.97. The Bertz CT molecular complexity index is 1370. The van der Waals surface area contributed by atoms with E-state index in [4.69, 9.17) is 4.74 Å². The molecule has 0 aliphatic carbocycles. The number of aryl methyl sites for hydroxylation is 1. The summed E-state index contributed by atoms with van der Waals surface area (Å²) in [5.41, 5.74) is 3.10. The van der Waals surface area contributed by atoms with Crippen molar-refractivity contribution in [2.45, 2.75) is 13.0 Å². The van der Waals surface area contributed by atoms with Crippen LogP contribution in [0.1, 0.15) is 31.5 Å². The second kappa shape index (κ2) is 9.02. The minimum atomic E-state index is -0.370. The zero-order valence-electron chi connectivity index (χ0n) is 18.6. The van der Waals surface area contributed by atoms with Gasteiger partial charge in [0.05, 0.1) is 31.2 Å². The number of anilines is 1. The number of carbonyl (C=O) groups is 2. The Morgan fingerprint density at radius 1 is 1.21 bits per heavy atom. The predicted octanol–water partition coefficient (Wildman–Crippen LogP) is 2.79. The van der Waals surface area contributed by atoms with Gasteiger partial charge in [-0.1, -0.05) is 23.5 Å². The molecule has 10 nitrogen and oxygen atoms in total. The molecule has 5 rings (SSSR count). The van der Waals surface area contributed by atoms with E-state index in [1.54, 1.807) is 29.8 Å². The Kier molecular flexibility index (Phi) is 5.76. The van der Waals surface area contributed by atoms with E-state index in [-0.39, 0.29) is 17.5 Å². The van der Waals surface area contributed by atoms with Gasteiger partial charge in [0.15, 0.2) is 5.13 Å². The molecule has 0 bridgehead atoms. The molecule has 0 saturated carbocycles. The van der Waals surface area contributed by atoms with Gasteiger partial charge in [-0.3, -0.25) is 24.6 Å². The van der Waals surface area contributed by atoms with E-state index in [0.29, 0.717) is 41.8 Å². The zero-order chi connectivity index (χ0) is 23.7. The van der Waals surface area contributed by atoms with Crippen LogP contribution in [0.4, 0.5) is 5.13 Å². The molecule has 34 heavy (non-hydrogen) atoms. The number of carbonyl (C=O) groups excluding carboxylic acids is 2. The number of hydrogen-bond donors (Lipinski definition) is 1. The Morgan fingerprint density at radius 2 is 2.06 bits per heavy atom. The highest BCUT2D eigenvalue weighted by Gasteiger charge is 2.28. The number of thiazole rings is 1. The Labute approximate surface area is 199 Å². The summed E-state index contributed by atoms with van der Waals surface area (Å²) in [5.74, 6) is 0.217. The number of fused-ring (bicyclic) bond motifs is 1. The molecular formula is C23H21N7O3S. The second-order valence-corrected chi connectivity index (χ2v) is 8.73. The van der Waals surface area contributed by atoms with Gasteiger partial charge < -0.3 is 9.64 Å². The molecule has 1 N–H and O–H groups in total. The lowest BCUT2D eigenvalue weighted by Crippen LogP contribution is -2.36. The van der Waals surface area contributed by atoms with Crippen LogP contribution in [-0.4, -0.2) is 55.1 Å². The van der Waals surface area contributed by atoms with Crippen molar-refractivity contribution in [3.8, 4) is 17.0 Å². The summed E-state index contributed by atoms with van der Waals surface area (Å²) >= 11 is 1.36. The molecular weight excluding hydrogens is 454 g/mol. The molecule has 4 aromatic rings. The predicted molar refractivity (Wildman–Crippen MR) is 126 cm³/mol. The third-order valence-corrected chi connectivity index (χ3v) is 6.51. The van der Waals surface area contributed by atoms with Gasteiger partial charge in [0.25, 0.3) is 11.8 Å². The quantitative estimate of drug-likeness (QED) is 0.472. The molecule has 172 valence electrons. The first kappa shape index (κ1) is 21.7. The average molecular weight is 476 g/mol. The van der Waals surface area contributed by atoms with Gasteiger partial charge in [-0.25, -0.2) is 9.97 Å². The van der Waals surface area contributed by atoms with Crippen molar-refractivity contribution in [1.29, 1.82) is 0 Å². The summed E-state index contributed by atoms with van der Waals surface area (Å²) < 4.78 is 7.03. The minimum absolute atomic E-state index is 0.111. The number of methoxy groups -OCH3 is 1. The molecule has 0 radical (unpaired) electrons. The van der Waals surface area contributed by atoms with Gasteiger partial charge in [0.2, 0.25) is 0 Å². The average Bonchev–Trinajstić information content (AvgIpc) is 3.46. The first-order valence-electron chi connectivity index (χ1n) is 10.6. The number of hydrogen-bond acceptors (Lipinski definition) is 8. The summed E-state index contributed by atoms with van der Waals surface area (Å²) in [6, 6.07) is 9.36. The van der Waals surface area contributed by atoms with Crippen molar-refractivity contribution >= 4 is 28.3 Å². The monoisotopic (exact) mass is 475 g/mol. The van der Waals surface area contributed by atoms with Crippen LogP contribution in [0.5, 0.6) is 5.75 Å². The van der Waals surface area contributed by atoms with Crippen molar-refractivity contribution in [2.24, 2.45) is 7.05 Å². The smallest absolute Gasteiger partial charge is 0.277 e. The van der Waals surface area contributed by atoms with Crippen molar-refractivity contribution in [1.82, 2.24) is 29.6 Å². The van der Waals surface area contributed by atoms with Crippen LogP contribution >= 0.6 is 11.3 Å². The molecule has 11 heteroatoms.